The largest absolute Gasteiger partial charge is 0.392 e. The first-order valence-electron chi connectivity index (χ1n) is 8.44. The molecule has 2 aromatic rings. The molecule has 2 amide bonds. The zero-order valence-corrected chi connectivity index (χ0v) is 14.7. The molecule has 1 aromatic carbocycles. The van der Waals surface area contributed by atoms with Gasteiger partial charge in [0.25, 0.3) is 11.8 Å². The summed E-state index contributed by atoms with van der Waals surface area (Å²) in [5, 5.41) is 18.8. The van der Waals surface area contributed by atoms with Crippen LogP contribution < -0.4 is 5.32 Å². The second-order valence-corrected chi connectivity index (χ2v) is 6.53. The Morgan fingerprint density at radius 1 is 1.46 bits per heavy atom. The van der Waals surface area contributed by atoms with E-state index in [4.69, 9.17) is 0 Å². The van der Waals surface area contributed by atoms with E-state index in [-0.39, 0.29) is 24.2 Å². The van der Waals surface area contributed by atoms with Gasteiger partial charge in [0.2, 0.25) is 0 Å². The molecule has 3 rings (SSSR count). The van der Waals surface area contributed by atoms with Gasteiger partial charge in [0, 0.05) is 24.2 Å². The normalized spacial score (nSPS) is 14.7. The molecule has 0 spiro atoms. The van der Waals surface area contributed by atoms with Crippen LogP contribution in [0.5, 0.6) is 0 Å². The molecule has 0 saturated carbocycles. The summed E-state index contributed by atoms with van der Waals surface area (Å²) in [6.45, 7) is 4.10. The number of rotatable bonds is 4. The van der Waals surface area contributed by atoms with E-state index in [0.29, 0.717) is 42.0 Å². The van der Waals surface area contributed by atoms with E-state index in [1.54, 1.807) is 18.7 Å². The number of aliphatic hydroxyl groups excluding tert-OH is 1. The smallest absolute Gasteiger partial charge is 0.272 e. The second kappa shape index (κ2) is 7.25. The molecule has 26 heavy (non-hydrogen) atoms. The van der Waals surface area contributed by atoms with Crippen LogP contribution in [0.15, 0.2) is 18.2 Å². The van der Waals surface area contributed by atoms with E-state index in [9.17, 15) is 19.1 Å². The molecule has 8 heteroatoms. The van der Waals surface area contributed by atoms with Crippen LogP contribution in [0.3, 0.4) is 0 Å². The first-order chi connectivity index (χ1) is 12.4. The number of benzene rings is 1. The van der Waals surface area contributed by atoms with E-state index >= 15 is 0 Å². The van der Waals surface area contributed by atoms with Gasteiger partial charge in [-0.3, -0.25) is 14.7 Å². The van der Waals surface area contributed by atoms with Gasteiger partial charge < -0.3 is 15.3 Å². The summed E-state index contributed by atoms with van der Waals surface area (Å²) in [7, 11) is 0. The highest BCUT2D eigenvalue weighted by molar-refractivity contribution is 5.95. The average Bonchev–Trinajstić information content (AvgIpc) is 3.04. The van der Waals surface area contributed by atoms with Crippen LogP contribution in [0.2, 0.25) is 0 Å². The topological polar surface area (TPSA) is 98.3 Å². The van der Waals surface area contributed by atoms with Gasteiger partial charge in [-0.25, -0.2) is 4.39 Å². The minimum Gasteiger partial charge on any atom is -0.392 e. The fraction of sp³-hybridized carbons (Fsp3) is 0.389. The first-order valence-corrected chi connectivity index (χ1v) is 8.44. The lowest BCUT2D eigenvalue weighted by atomic mass is 10.0. The number of carbonyl (C=O) groups is 2. The molecule has 3 N–H and O–H groups in total. The van der Waals surface area contributed by atoms with Gasteiger partial charge >= 0.3 is 0 Å². The number of nitrogens with zero attached hydrogens (tertiary/aromatic N) is 2. The van der Waals surface area contributed by atoms with Crippen molar-refractivity contribution in [2.24, 2.45) is 0 Å². The van der Waals surface area contributed by atoms with Crippen molar-refractivity contribution in [3.05, 3.63) is 52.1 Å². The molecule has 0 bridgehead atoms. The summed E-state index contributed by atoms with van der Waals surface area (Å²) in [4.78, 5) is 26.5. The predicted octanol–water partition coefficient (Wildman–Crippen LogP) is 1.17. The van der Waals surface area contributed by atoms with Crippen molar-refractivity contribution in [2.45, 2.75) is 32.9 Å². The van der Waals surface area contributed by atoms with E-state index in [1.165, 1.54) is 18.2 Å². The molecular weight excluding hydrogens is 339 g/mol. The Morgan fingerprint density at radius 3 is 2.92 bits per heavy atom. The summed E-state index contributed by atoms with van der Waals surface area (Å²) < 4.78 is 13.4. The lowest BCUT2D eigenvalue weighted by Gasteiger charge is -2.27. The van der Waals surface area contributed by atoms with Gasteiger partial charge in [-0.05, 0) is 44.0 Å². The number of aromatic amines is 1. The average molecular weight is 360 g/mol. The Morgan fingerprint density at radius 2 is 2.23 bits per heavy atom. The number of hydrogen-bond acceptors (Lipinski definition) is 4. The van der Waals surface area contributed by atoms with Crippen molar-refractivity contribution in [2.75, 3.05) is 13.1 Å². The molecule has 1 aliphatic heterocycles. The zero-order chi connectivity index (χ0) is 18.8. The van der Waals surface area contributed by atoms with Gasteiger partial charge in [0.15, 0.2) is 5.69 Å². The third-order valence-corrected chi connectivity index (χ3v) is 4.40. The predicted molar refractivity (Wildman–Crippen MR) is 92.2 cm³/mol. The number of aliphatic hydroxyl groups is 1. The third-order valence-electron chi connectivity index (χ3n) is 4.40. The van der Waals surface area contributed by atoms with Gasteiger partial charge in [-0.2, -0.15) is 5.10 Å². The van der Waals surface area contributed by atoms with Crippen molar-refractivity contribution >= 4 is 11.8 Å². The first kappa shape index (κ1) is 18.1. The second-order valence-electron chi connectivity index (χ2n) is 6.53. The fourth-order valence-corrected chi connectivity index (χ4v) is 2.96. The van der Waals surface area contributed by atoms with E-state index in [0.717, 1.165) is 5.56 Å². The summed E-state index contributed by atoms with van der Waals surface area (Å²) in [6, 6.07) is 4.30. The van der Waals surface area contributed by atoms with Crippen LogP contribution in [-0.4, -0.2) is 51.2 Å². The number of aromatic nitrogens is 2. The molecule has 1 unspecified atom stereocenters. The molecule has 1 aromatic heterocycles. The highest BCUT2D eigenvalue weighted by Crippen LogP contribution is 2.22. The number of hydrogen-bond donors (Lipinski definition) is 3. The van der Waals surface area contributed by atoms with Crippen molar-refractivity contribution in [3.63, 3.8) is 0 Å². The van der Waals surface area contributed by atoms with Crippen molar-refractivity contribution in [3.8, 4) is 0 Å². The maximum atomic E-state index is 13.4. The highest BCUT2D eigenvalue weighted by Gasteiger charge is 2.28. The van der Waals surface area contributed by atoms with Gasteiger partial charge in [-0.15, -0.1) is 0 Å². The molecule has 1 aliphatic rings. The number of amides is 2. The van der Waals surface area contributed by atoms with Crippen LogP contribution in [-0.2, 0) is 13.0 Å². The Hall–Kier alpha value is -2.74. The van der Waals surface area contributed by atoms with Gasteiger partial charge in [0.1, 0.15) is 5.82 Å². The van der Waals surface area contributed by atoms with Crippen LogP contribution in [0.4, 0.5) is 4.39 Å². The van der Waals surface area contributed by atoms with Crippen LogP contribution >= 0.6 is 0 Å². The maximum absolute atomic E-state index is 13.4. The third kappa shape index (κ3) is 3.60. The summed E-state index contributed by atoms with van der Waals surface area (Å²) in [5.41, 5.74) is 2.65. The van der Waals surface area contributed by atoms with E-state index in [2.05, 4.69) is 15.5 Å². The standard InChI is InChI=1S/C18H21FN4O3/c1-10-7-12(3-4-14(10)19)18(26)23-6-5-13-15(9-23)21-22-16(13)17(25)20-8-11(2)24/h3-4,7,11,24H,5-6,8-9H2,1-2H3,(H,20,25)(H,21,22). The summed E-state index contributed by atoms with van der Waals surface area (Å²) in [5.74, 6) is -0.880. The molecule has 0 saturated heterocycles. The SMILES string of the molecule is Cc1cc(C(=O)N2CCc3c(C(=O)NCC(C)O)n[nH]c3C2)ccc1F. The molecule has 0 fully saturated rings. The molecular formula is C18H21FN4O3. The quantitative estimate of drug-likeness (QED) is 0.762. The van der Waals surface area contributed by atoms with Gasteiger partial charge in [0.05, 0.1) is 18.3 Å². The van der Waals surface area contributed by atoms with E-state index < -0.39 is 6.10 Å². The summed E-state index contributed by atoms with van der Waals surface area (Å²) in [6.07, 6.45) is -0.143. The Balaban J connectivity index is 1.73. The molecule has 0 radical (unpaired) electrons. The fourth-order valence-electron chi connectivity index (χ4n) is 2.96. The Kier molecular flexibility index (Phi) is 5.03. The minimum absolute atomic E-state index is 0.148. The molecule has 2 heterocycles. The number of carbonyl (C=O) groups excluding carboxylic acids is 2. The highest BCUT2D eigenvalue weighted by atomic mass is 19.1. The number of nitrogens with one attached hydrogen (secondary N) is 2. The Labute approximate surface area is 150 Å². The monoisotopic (exact) mass is 360 g/mol. The lowest BCUT2D eigenvalue weighted by Crippen LogP contribution is -2.37. The molecule has 1 atom stereocenters. The van der Waals surface area contributed by atoms with Gasteiger partial charge in [-0.1, -0.05) is 0 Å². The van der Waals surface area contributed by atoms with Crippen LogP contribution in [0.25, 0.3) is 0 Å². The van der Waals surface area contributed by atoms with Crippen molar-refractivity contribution in [1.29, 1.82) is 0 Å². The van der Waals surface area contributed by atoms with E-state index in [1.807, 2.05) is 0 Å². The number of H-pyrrole nitrogens is 1. The van der Waals surface area contributed by atoms with Crippen molar-refractivity contribution < 1.29 is 19.1 Å². The lowest BCUT2D eigenvalue weighted by molar-refractivity contribution is 0.0732. The number of fused-ring (bicyclic) bond motifs is 1. The molecule has 138 valence electrons. The minimum atomic E-state index is -0.638. The van der Waals surface area contributed by atoms with Crippen molar-refractivity contribution in [1.82, 2.24) is 20.4 Å². The van der Waals surface area contributed by atoms with Crippen LogP contribution in [0.1, 0.15) is 44.6 Å². The number of aryl methyl sites for hydroxylation is 1. The molecule has 0 aliphatic carbocycles. The zero-order valence-electron chi connectivity index (χ0n) is 14.7. The Bertz CT molecular complexity index is 847. The summed E-state index contributed by atoms with van der Waals surface area (Å²) >= 11 is 0. The number of halogens is 1. The molecule has 7 nitrogen and oxygen atoms in total. The van der Waals surface area contributed by atoms with Crippen LogP contribution in [0, 0.1) is 12.7 Å². The maximum Gasteiger partial charge on any atom is 0.272 e.